The van der Waals surface area contributed by atoms with Crippen LogP contribution in [0.25, 0.3) is 5.76 Å². The van der Waals surface area contributed by atoms with Gasteiger partial charge in [0, 0.05) is 11.8 Å². The Morgan fingerprint density at radius 1 is 1.09 bits per heavy atom. The molecule has 0 radical (unpaired) electrons. The van der Waals surface area contributed by atoms with Crippen LogP contribution in [0, 0.1) is 6.92 Å². The number of hydrogen-bond acceptors (Lipinski definition) is 6. The van der Waals surface area contributed by atoms with Crippen LogP contribution in [0.2, 0.25) is 0 Å². The minimum absolute atomic E-state index is 0.00936. The number of nitrogens with zero attached hydrogens (tertiary/aromatic N) is 2. The molecule has 1 aliphatic heterocycles. The van der Waals surface area contributed by atoms with Crippen molar-refractivity contribution in [3.05, 3.63) is 94.8 Å². The number of ether oxygens (including phenoxy) is 1. The van der Waals surface area contributed by atoms with Crippen molar-refractivity contribution in [3.63, 3.8) is 0 Å². The number of phenols is 1. The molecule has 2 aromatic carbocycles. The van der Waals surface area contributed by atoms with E-state index in [0.717, 1.165) is 0 Å². The number of methoxy groups -OCH3 is 1. The molecule has 1 aromatic heterocycles. The Labute approximate surface area is 185 Å². The van der Waals surface area contributed by atoms with Crippen LogP contribution in [0.1, 0.15) is 28.4 Å². The summed E-state index contributed by atoms with van der Waals surface area (Å²) in [7, 11) is 1.54. The van der Waals surface area contributed by atoms with Gasteiger partial charge in [-0.1, -0.05) is 18.2 Å². The lowest BCUT2D eigenvalue weighted by Crippen LogP contribution is -2.29. The van der Waals surface area contributed by atoms with Gasteiger partial charge < -0.3 is 19.8 Å². The van der Waals surface area contributed by atoms with Crippen molar-refractivity contribution in [1.29, 1.82) is 0 Å². The number of phenolic OH excluding ortho intramolecular Hbond substituents is 1. The van der Waals surface area contributed by atoms with Crippen LogP contribution in [0.4, 0.5) is 0 Å². The third-order valence-corrected chi connectivity index (χ3v) is 5.50. The highest BCUT2D eigenvalue weighted by molar-refractivity contribution is 6.46. The Bertz CT molecular complexity index is 1200. The van der Waals surface area contributed by atoms with Gasteiger partial charge >= 0.3 is 0 Å². The van der Waals surface area contributed by atoms with Gasteiger partial charge in [0.1, 0.15) is 17.3 Å². The summed E-state index contributed by atoms with van der Waals surface area (Å²) in [6.45, 7) is 1.88. The average molecular weight is 430 g/mol. The van der Waals surface area contributed by atoms with Gasteiger partial charge in [-0.05, 0) is 60.5 Å². The highest BCUT2D eigenvalue weighted by atomic mass is 16.5. The Kier molecular flexibility index (Phi) is 5.64. The minimum atomic E-state index is -0.834. The maximum Gasteiger partial charge on any atom is 0.296 e. The topological polar surface area (TPSA) is 100.0 Å². The van der Waals surface area contributed by atoms with E-state index in [1.807, 2.05) is 0 Å². The number of aliphatic hydroxyl groups excluding tert-OH is 1. The summed E-state index contributed by atoms with van der Waals surface area (Å²) in [5.41, 5.74) is 2.32. The van der Waals surface area contributed by atoms with Crippen molar-refractivity contribution in [1.82, 2.24) is 9.88 Å². The Balaban J connectivity index is 1.87. The van der Waals surface area contributed by atoms with E-state index >= 15 is 0 Å². The number of likely N-dealkylation sites (tertiary alicyclic amines) is 1. The minimum Gasteiger partial charge on any atom is -0.508 e. The quantitative estimate of drug-likeness (QED) is 0.364. The molecule has 2 N–H and O–H groups in total. The molecule has 1 saturated heterocycles. The summed E-state index contributed by atoms with van der Waals surface area (Å²) in [5.74, 6) is -1.08. The number of Topliss-reactive ketones (excluding diaryl/α,β-unsaturated/α-hetero) is 1. The first-order valence-corrected chi connectivity index (χ1v) is 10.0. The fourth-order valence-electron chi connectivity index (χ4n) is 3.89. The van der Waals surface area contributed by atoms with Gasteiger partial charge in [0.05, 0.1) is 31.0 Å². The normalized spacial score (nSPS) is 17.6. The van der Waals surface area contributed by atoms with Gasteiger partial charge in [-0.15, -0.1) is 0 Å². The summed E-state index contributed by atoms with van der Waals surface area (Å²) in [4.78, 5) is 31.8. The molecular formula is C25H22N2O5. The van der Waals surface area contributed by atoms with Gasteiger partial charge in [0.2, 0.25) is 0 Å². The van der Waals surface area contributed by atoms with Crippen molar-refractivity contribution >= 4 is 17.4 Å². The van der Waals surface area contributed by atoms with Crippen LogP contribution in [0.15, 0.2) is 72.4 Å². The second kappa shape index (κ2) is 8.55. The molecule has 1 unspecified atom stereocenters. The van der Waals surface area contributed by atoms with E-state index in [-0.39, 0.29) is 23.6 Å². The van der Waals surface area contributed by atoms with Crippen LogP contribution < -0.4 is 4.74 Å². The van der Waals surface area contributed by atoms with Crippen LogP contribution in [0.5, 0.6) is 11.5 Å². The number of aromatic nitrogens is 1. The zero-order valence-electron chi connectivity index (χ0n) is 17.6. The van der Waals surface area contributed by atoms with Crippen LogP contribution in [0.3, 0.4) is 0 Å². The number of aromatic hydroxyl groups is 1. The molecular weight excluding hydrogens is 408 g/mol. The largest absolute Gasteiger partial charge is 0.508 e. The lowest BCUT2D eigenvalue weighted by atomic mass is 9.93. The number of ketones is 1. The molecule has 1 atom stereocenters. The summed E-state index contributed by atoms with van der Waals surface area (Å²) in [6, 6.07) is 15.8. The highest BCUT2D eigenvalue weighted by Crippen LogP contribution is 2.41. The molecule has 1 fully saturated rings. The zero-order chi connectivity index (χ0) is 22.8. The second-order valence-corrected chi connectivity index (χ2v) is 7.52. The Morgan fingerprint density at radius 2 is 1.84 bits per heavy atom. The number of carbonyl (C=O) groups is 2. The molecule has 0 aliphatic carbocycles. The molecule has 1 aliphatic rings. The Hall–Kier alpha value is -4.13. The molecule has 32 heavy (non-hydrogen) atoms. The number of aryl methyl sites for hydroxylation is 1. The molecule has 0 bridgehead atoms. The van der Waals surface area contributed by atoms with E-state index in [0.29, 0.717) is 28.1 Å². The van der Waals surface area contributed by atoms with Gasteiger partial charge in [0.25, 0.3) is 11.7 Å². The summed E-state index contributed by atoms with van der Waals surface area (Å²) >= 11 is 0. The second-order valence-electron chi connectivity index (χ2n) is 7.52. The van der Waals surface area contributed by atoms with E-state index in [4.69, 9.17) is 4.74 Å². The number of benzene rings is 2. The van der Waals surface area contributed by atoms with E-state index in [2.05, 4.69) is 4.98 Å². The molecule has 7 nitrogen and oxygen atoms in total. The van der Waals surface area contributed by atoms with Gasteiger partial charge in [-0.3, -0.25) is 14.6 Å². The fraction of sp³-hybridized carbons (Fsp3) is 0.160. The predicted molar refractivity (Wildman–Crippen MR) is 118 cm³/mol. The van der Waals surface area contributed by atoms with Crippen LogP contribution in [-0.2, 0) is 16.1 Å². The molecule has 0 spiro atoms. The van der Waals surface area contributed by atoms with Gasteiger partial charge in [0.15, 0.2) is 0 Å². The van der Waals surface area contributed by atoms with Gasteiger partial charge in [-0.2, -0.15) is 0 Å². The Morgan fingerprint density at radius 3 is 2.47 bits per heavy atom. The van der Waals surface area contributed by atoms with Crippen LogP contribution >= 0.6 is 0 Å². The number of aliphatic hydroxyl groups is 1. The molecule has 2 heterocycles. The highest BCUT2D eigenvalue weighted by Gasteiger charge is 2.46. The van der Waals surface area contributed by atoms with Crippen molar-refractivity contribution in [3.8, 4) is 11.5 Å². The predicted octanol–water partition coefficient (Wildman–Crippen LogP) is 3.73. The first kappa shape index (κ1) is 21.1. The lowest BCUT2D eigenvalue weighted by Gasteiger charge is -2.25. The molecule has 162 valence electrons. The summed E-state index contributed by atoms with van der Waals surface area (Å²) in [5, 5.41) is 20.9. The summed E-state index contributed by atoms with van der Waals surface area (Å²) in [6.07, 6.45) is 1.61. The molecule has 3 aromatic rings. The number of hydrogen-bond donors (Lipinski definition) is 2. The van der Waals surface area contributed by atoms with Crippen molar-refractivity contribution < 1.29 is 24.5 Å². The maximum absolute atomic E-state index is 13.1. The first-order chi connectivity index (χ1) is 15.4. The van der Waals surface area contributed by atoms with Crippen molar-refractivity contribution in [2.24, 2.45) is 0 Å². The maximum atomic E-state index is 13.1. The van der Waals surface area contributed by atoms with E-state index in [1.54, 1.807) is 68.8 Å². The third kappa shape index (κ3) is 3.80. The zero-order valence-corrected chi connectivity index (χ0v) is 17.6. The van der Waals surface area contributed by atoms with E-state index < -0.39 is 17.7 Å². The van der Waals surface area contributed by atoms with Crippen molar-refractivity contribution in [2.75, 3.05) is 7.11 Å². The lowest BCUT2D eigenvalue weighted by molar-refractivity contribution is -0.140. The van der Waals surface area contributed by atoms with Crippen molar-refractivity contribution in [2.45, 2.75) is 19.5 Å². The van der Waals surface area contributed by atoms with E-state index in [9.17, 15) is 19.8 Å². The number of carbonyl (C=O) groups excluding carboxylic acids is 2. The standard InChI is InChI=1S/C25H22N2O5/c1-15-13-19(32-2)10-11-20(15)23(29)21-22(16-6-8-18(28)9-7-16)27(25(31)24(21)30)14-17-5-3-4-12-26-17/h3-13,22,28-29H,14H2,1-2H3/b23-21-. The average Bonchev–Trinajstić information content (AvgIpc) is 3.04. The summed E-state index contributed by atoms with van der Waals surface area (Å²) < 4.78 is 5.22. The number of rotatable bonds is 5. The molecule has 0 saturated carbocycles. The van der Waals surface area contributed by atoms with E-state index in [1.165, 1.54) is 17.0 Å². The third-order valence-electron chi connectivity index (χ3n) is 5.50. The molecule has 4 rings (SSSR count). The number of pyridine rings is 1. The van der Waals surface area contributed by atoms with Gasteiger partial charge in [-0.25, -0.2) is 0 Å². The smallest absolute Gasteiger partial charge is 0.296 e. The molecule has 1 amide bonds. The SMILES string of the molecule is COc1ccc(/C(O)=C2/C(=O)C(=O)N(Cc3ccccn3)C2c2ccc(O)cc2)c(C)c1. The number of amides is 1. The fourth-order valence-corrected chi connectivity index (χ4v) is 3.89. The molecule has 7 heteroatoms. The first-order valence-electron chi connectivity index (χ1n) is 10.0. The van der Waals surface area contributed by atoms with Crippen LogP contribution in [-0.4, -0.2) is 38.9 Å². The monoisotopic (exact) mass is 430 g/mol.